The van der Waals surface area contributed by atoms with Crippen molar-refractivity contribution >= 4 is 30.0 Å². The molecule has 14 heavy (non-hydrogen) atoms. The Bertz CT molecular complexity index is 144. The van der Waals surface area contributed by atoms with Crippen molar-refractivity contribution in [2.24, 2.45) is 0 Å². The van der Waals surface area contributed by atoms with Gasteiger partial charge in [0.1, 0.15) is 0 Å². The van der Waals surface area contributed by atoms with Crippen LogP contribution in [0, 0.1) is 0 Å². The Hall–Kier alpha value is 0.704. The number of hydrogen-bond acceptors (Lipinski definition) is 3. The highest BCUT2D eigenvalue weighted by Crippen LogP contribution is 2.20. The molecule has 0 rings (SSSR count). The van der Waals surface area contributed by atoms with Gasteiger partial charge < -0.3 is 8.85 Å². The fourth-order valence-electron chi connectivity index (χ4n) is 1.09. The van der Waals surface area contributed by atoms with E-state index in [-0.39, 0.29) is 0 Å². The summed E-state index contributed by atoms with van der Waals surface area (Å²) in [5, 5.41) is 0. The van der Waals surface area contributed by atoms with Crippen molar-refractivity contribution in [3.05, 3.63) is 0 Å². The molecular formula is C9H24O2SSi2. The van der Waals surface area contributed by atoms with Crippen molar-refractivity contribution in [3.8, 4) is 0 Å². The van der Waals surface area contributed by atoms with Crippen LogP contribution in [-0.2, 0) is 8.85 Å². The van der Waals surface area contributed by atoms with E-state index >= 15 is 0 Å². The fraction of sp³-hybridized carbons (Fsp3) is 1.00. The molecule has 0 radical (unpaired) electrons. The average molecular weight is 253 g/mol. The van der Waals surface area contributed by atoms with E-state index in [1.165, 1.54) is 0 Å². The third-order valence-electron chi connectivity index (χ3n) is 2.12. The highest BCUT2D eigenvalue weighted by atomic mass is 32.1. The first-order valence-corrected chi connectivity index (χ1v) is 11.2. The normalized spacial score (nSPS) is 14.8. The van der Waals surface area contributed by atoms with Gasteiger partial charge in [-0.15, -0.1) is 0 Å². The SMILES string of the molecule is CCO[SiH](C[C@H](S)[Si](C)(C)C)OCC. The molecule has 0 aliphatic rings. The zero-order valence-corrected chi connectivity index (χ0v) is 13.1. The van der Waals surface area contributed by atoms with Crippen molar-refractivity contribution < 1.29 is 8.85 Å². The quantitative estimate of drug-likeness (QED) is 0.554. The van der Waals surface area contributed by atoms with E-state index in [0.717, 1.165) is 19.3 Å². The van der Waals surface area contributed by atoms with Crippen LogP contribution in [-0.4, -0.2) is 35.4 Å². The maximum atomic E-state index is 5.64. The van der Waals surface area contributed by atoms with Crippen molar-refractivity contribution in [1.29, 1.82) is 0 Å². The van der Waals surface area contributed by atoms with E-state index in [4.69, 9.17) is 8.85 Å². The highest BCUT2D eigenvalue weighted by molar-refractivity contribution is 7.83. The minimum atomic E-state index is -1.43. The molecule has 0 heterocycles. The minimum absolute atomic E-state index is 0.497. The van der Waals surface area contributed by atoms with Crippen LogP contribution in [0.5, 0.6) is 0 Å². The Morgan fingerprint density at radius 1 is 1.14 bits per heavy atom. The summed E-state index contributed by atoms with van der Waals surface area (Å²) in [6.45, 7) is 12.6. The molecule has 0 bridgehead atoms. The Balaban J connectivity index is 4.01. The molecule has 0 aromatic heterocycles. The first-order chi connectivity index (χ1) is 6.41. The third-order valence-corrected chi connectivity index (χ3v) is 10.0. The van der Waals surface area contributed by atoms with Gasteiger partial charge in [-0.05, 0) is 24.8 Å². The number of hydrogen-bond donors (Lipinski definition) is 1. The number of thiol groups is 1. The lowest BCUT2D eigenvalue weighted by Gasteiger charge is -2.27. The molecule has 0 aliphatic heterocycles. The lowest BCUT2D eigenvalue weighted by Crippen LogP contribution is -2.39. The zero-order chi connectivity index (χ0) is 11.2. The summed E-state index contributed by atoms with van der Waals surface area (Å²) in [5.74, 6) is 0. The smallest absolute Gasteiger partial charge is 0.322 e. The second-order valence-electron chi connectivity index (χ2n) is 4.46. The Morgan fingerprint density at radius 3 is 1.86 bits per heavy atom. The number of rotatable bonds is 7. The average Bonchev–Trinajstić information content (AvgIpc) is 2.03. The van der Waals surface area contributed by atoms with Crippen LogP contribution >= 0.6 is 12.6 Å². The fourth-order valence-corrected chi connectivity index (χ4v) is 6.49. The van der Waals surface area contributed by atoms with Gasteiger partial charge in [0.05, 0.1) is 8.07 Å². The predicted octanol–water partition coefficient (Wildman–Crippen LogP) is 2.46. The molecule has 0 spiro atoms. The molecule has 2 nitrogen and oxygen atoms in total. The Morgan fingerprint density at radius 2 is 1.57 bits per heavy atom. The van der Waals surface area contributed by atoms with Gasteiger partial charge in [0.25, 0.3) is 0 Å². The van der Waals surface area contributed by atoms with Gasteiger partial charge in [0.2, 0.25) is 0 Å². The molecule has 86 valence electrons. The van der Waals surface area contributed by atoms with E-state index in [1.54, 1.807) is 0 Å². The van der Waals surface area contributed by atoms with Crippen molar-refractivity contribution in [2.75, 3.05) is 13.2 Å². The molecule has 0 aromatic carbocycles. The molecule has 0 fully saturated rings. The molecule has 0 saturated heterocycles. The van der Waals surface area contributed by atoms with E-state index < -0.39 is 17.4 Å². The molecule has 0 aliphatic carbocycles. The predicted molar refractivity (Wildman–Crippen MR) is 71.3 cm³/mol. The van der Waals surface area contributed by atoms with Crippen molar-refractivity contribution in [3.63, 3.8) is 0 Å². The zero-order valence-electron chi connectivity index (χ0n) is 10.0. The summed E-state index contributed by atoms with van der Waals surface area (Å²) in [6.07, 6.45) is 0. The summed E-state index contributed by atoms with van der Waals surface area (Å²) < 4.78 is 11.3. The Kier molecular flexibility index (Phi) is 7.41. The summed E-state index contributed by atoms with van der Waals surface area (Å²) in [4.78, 5) is 0.497. The molecule has 0 aromatic rings. The standard InChI is InChI=1S/C9H24O2SSi2/c1-6-10-13(11-7-2)8-9(12)14(3,4)5/h9,12-13H,6-8H2,1-5H3/t9-/m1/s1. The van der Waals surface area contributed by atoms with Gasteiger partial charge in [-0.2, -0.15) is 12.6 Å². The van der Waals surface area contributed by atoms with E-state index in [2.05, 4.69) is 32.3 Å². The van der Waals surface area contributed by atoms with Crippen LogP contribution in [0.15, 0.2) is 0 Å². The molecule has 0 saturated carbocycles. The first kappa shape index (κ1) is 14.7. The van der Waals surface area contributed by atoms with Crippen LogP contribution in [0.25, 0.3) is 0 Å². The van der Waals surface area contributed by atoms with Gasteiger partial charge >= 0.3 is 9.28 Å². The summed E-state index contributed by atoms with van der Waals surface area (Å²) in [7, 11) is -2.58. The lowest BCUT2D eigenvalue weighted by atomic mass is 10.9. The molecule has 0 unspecified atom stereocenters. The second-order valence-corrected chi connectivity index (χ2v) is 13.0. The van der Waals surface area contributed by atoms with Gasteiger partial charge in [0, 0.05) is 13.2 Å². The maximum absolute atomic E-state index is 5.64. The van der Waals surface area contributed by atoms with Crippen LogP contribution in [0.4, 0.5) is 0 Å². The summed E-state index contributed by atoms with van der Waals surface area (Å²) in [6, 6.07) is 1.04. The topological polar surface area (TPSA) is 18.5 Å². The van der Waals surface area contributed by atoms with Crippen molar-refractivity contribution in [1.82, 2.24) is 0 Å². The molecule has 0 amide bonds. The minimum Gasteiger partial charge on any atom is -0.397 e. The molecule has 1 atom stereocenters. The summed E-state index contributed by atoms with van der Waals surface area (Å²) in [5.41, 5.74) is 0. The van der Waals surface area contributed by atoms with Crippen molar-refractivity contribution in [2.45, 2.75) is 44.4 Å². The summed E-state index contributed by atoms with van der Waals surface area (Å²) >= 11 is 4.67. The maximum Gasteiger partial charge on any atom is 0.322 e. The van der Waals surface area contributed by atoms with Gasteiger partial charge in [-0.25, -0.2) is 0 Å². The highest BCUT2D eigenvalue weighted by Gasteiger charge is 2.28. The van der Waals surface area contributed by atoms with Crippen LogP contribution in [0.2, 0.25) is 25.7 Å². The molecule has 0 N–H and O–H groups in total. The molecular weight excluding hydrogens is 228 g/mol. The van der Waals surface area contributed by atoms with E-state index in [1.807, 2.05) is 13.8 Å². The van der Waals surface area contributed by atoms with Gasteiger partial charge in [-0.3, -0.25) is 0 Å². The Labute approximate surface area is 96.6 Å². The van der Waals surface area contributed by atoms with Crippen LogP contribution < -0.4 is 0 Å². The van der Waals surface area contributed by atoms with Gasteiger partial charge in [-0.1, -0.05) is 19.6 Å². The molecule has 5 heteroatoms. The largest absolute Gasteiger partial charge is 0.397 e. The first-order valence-electron chi connectivity index (χ1n) is 5.33. The van der Waals surface area contributed by atoms with Crippen LogP contribution in [0.1, 0.15) is 13.8 Å². The lowest BCUT2D eigenvalue weighted by molar-refractivity contribution is 0.214. The monoisotopic (exact) mass is 252 g/mol. The second kappa shape index (κ2) is 7.06. The van der Waals surface area contributed by atoms with E-state index in [9.17, 15) is 0 Å². The van der Waals surface area contributed by atoms with Crippen LogP contribution in [0.3, 0.4) is 0 Å². The van der Waals surface area contributed by atoms with Gasteiger partial charge in [0.15, 0.2) is 0 Å². The van der Waals surface area contributed by atoms with E-state index in [0.29, 0.717) is 4.87 Å². The third kappa shape index (κ3) is 6.24.